The van der Waals surface area contributed by atoms with Gasteiger partial charge in [-0.1, -0.05) is 24.3 Å². The number of carbonyl (C=O) groups excluding carboxylic acids is 2. The zero-order valence-electron chi connectivity index (χ0n) is 10.3. The molecule has 1 amide bonds. The van der Waals surface area contributed by atoms with E-state index in [4.69, 9.17) is 4.74 Å². The van der Waals surface area contributed by atoms with Crippen LogP contribution >= 0.6 is 0 Å². The van der Waals surface area contributed by atoms with Crippen LogP contribution in [0.1, 0.15) is 30.5 Å². The molecule has 0 aliphatic carbocycles. The van der Waals surface area contributed by atoms with Gasteiger partial charge < -0.3 is 9.64 Å². The van der Waals surface area contributed by atoms with Gasteiger partial charge in [-0.2, -0.15) is 0 Å². The zero-order chi connectivity index (χ0) is 12.7. The molecule has 0 aromatic heterocycles. The van der Waals surface area contributed by atoms with Crippen LogP contribution in [0, 0.1) is 0 Å². The molecule has 4 nitrogen and oxygen atoms in total. The Labute approximate surface area is 106 Å². The fourth-order valence-electron chi connectivity index (χ4n) is 3.00. The highest BCUT2D eigenvalue weighted by Crippen LogP contribution is 2.39. The van der Waals surface area contributed by atoms with E-state index >= 15 is 0 Å². The minimum atomic E-state index is -0.337. The van der Waals surface area contributed by atoms with Gasteiger partial charge in [0, 0.05) is 13.5 Å². The normalized spacial score (nSPS) is 25.6. The highest BCUT2D eigenvalue weighted by atomic mass is 16.5. The molecule has 4 heteroatoms. The summed E-state index contributed by atoms with van der Waals surface area (Å²) >= 11 is 0. The van der Waals surface area contributed by atoms with Crippen molar-refractivity contribution in [2.75, 3.05) is 6.54 Å². The molecule has 1 saturated heterocycles. The lowest BCUT2D eigenvalue weighted by atomic mass is 9.91. The van der Waals surface area contributed by atoms with E-state index in [1.165, 1.54) is 12.5 Å². The Morgan fingerprint density at radius 1 is 1.39 bits per heavy atom. The van der Waals surface area contributed by atoms with Crippen LogP contribution in [0.2, 0.25) is 0 Å². The third-order valence-corrected chi connectivity index (χ3v) is 3.70. The molecule has 0 saturated carbocycles. The topological polar surface area (TPSA) is 46.6 Å². The molecule has 0 N–H and O–H groups in total. The van der Waals surface area contributed by atoms with Crippen molar-refractivity contribution in [2.45, 2.75) is 31.9 Å². The summed E-state index contributed by atoms with van der Waals surface area (Å²) < 4.78 is 5.31. The van der Waals surface area contributed by atoms with Crippen molar-refractivity contribution in [3.8, 4) is 0 Å². The highest BCUT2D eigenvalue weighted by Gasteiger charge is 2.45. The molecule has 0 unspecified atom stereocenters. The molecule has 2 aliphatic rings. The minimum Gasteiger partial charge on any atom is -0.459 e. The van der Waals surface area contributed by atoms with E-state index in [1.807, 2.05) is 23.1 Å². The van der Waals surface area contributed by atoms with Crippen LogP contribution in [0.4, 0.5) is 0 Å². The first-order chi connectivity index (χ1) is 8.66. The van der Waals surface area contributed by atoms with E-state index in [0.29, 0.717) is 6.42 Å². The number of carbonyl (C=O) groups is 2. The molecule has 18 heavy (non-hydrogen) atoms. The molecular weight excluding hydrogens is 230 g/mol. The van der Waals surface area contributed by atoms with Gasteiger partial charge in [0.25, 0.3) is 0 Å². The van der Waals surface area contributed by atoms with Crippen LogP contribution in [0.25, 0.3) is 0 Å². The largest absolute Gasteiger partial charge is 0.459 e. The Hall–Kier alpha value is -1.84. The van der Waals surface area contributed by atoms with Crippen LogP contribution in [-0.2, 0) is 20.7 Å². The van der Waals surface area contributed by atoms with Gasteiger partial charge in [0.05, 0.1) is 12.5 Å². The van der Waals surface area contributed by atoms with Gasteiger partial charge in [-0.25, -0.2) is 0 Å². The number of benzene rings is 1. The van der Waals surface area contributed by atoms with Crippen LogP contribution in [0.15, 0.2) is 24.3 Å². The fraction of sp³-hybridized carbons (Fsp3) is 0.429. The number of hydrogen-bond acceptors (Lipinski definition) is 3. The maximum Gasteiger partial charge on any atom is 0.303 e. The quantitative estimate of drug-likeness (QED) is 0.703. The predicted octanol–water partition coefficient (Wildman–Crippen LogP) is 1.45. The lowest BCUT2D eigenvalue weighted by Gasteiger charge is -2.34. The molecule has 2 atom stereocenters. The maximum atomic E-state index is 11.9. The number of amides is 1. The van der Waals surface area contributed by atoms with Gasteiger partial charge >= 0.3 is 5.97 Å². The molecule has 2 aliphatic heterocycles. The first-order valence-electron chi connectivity index (χ1n) is 6.21. The number of esters is 1. The summed E-state index contributed by atoms with van der Waals surface area (Å²) in [6.45, 7) is 2.11. The van der Waals surface area contributed by atoms with Gasteiger partial charge in [-0.15, -0.1) is 0 Å². The standard InChI is InChI=1S/C14H15NO3/c1-9(16)18-12-8-13(17)15-7-6-10-4-2-3-5-11(10)14(12)15/h2-5,12,14H,6-8H2,1H3/t12-,14+/m0/s1. The Bertz CT molecular complexity index is 512. The Morgan fingerprint density at radius 2 is 2.17 bits per heavy atom. The van der Waals surface area contributed by atoms with Crippen molar-refractivity contribution in [3.05, 3.63) is 35.4 Å². The van der Waals surface area contributed by atoms with Gasteiger partial charge in [0.2, 0.25) is 5.91 Å². The lowest BCUT2D eigenvalue weighted by molar-refractivity contribution is -0.147. The summed E-state index contributed by atoms with van der Waals surface area (Å²) in [4.78, 5) is 24.9. The number of ether oxygens (including phenoxy) is 1. The van der Waals surface area contributed by atoms with Crippen molar-refractivity contribution < 1.29 is 14.3 Å². The molecule has 0 radical (unpaired) electrons. The molecule has 1 aromatic carbocycles. The van der Waals surface area contributed by atoms with Crippen molar-refractivity contribution in [3.63, 3.8) is 0 Å². The maximum absolute atomic E-state index is 11.9. The van der Waals surface area contributed by atoms with Gasteiger partial charge in [-0.05, 0) is 17.5 Å². The SMILES string of the molecule is CC(=O)O[C@H]1CC(=O)N2CCc3ccccc3[C@H]12. The van der Waals surface area contributed by atoms with E-state index in [0.717, 1.165) is 18.5 Å². The van der Waals surface area contributed by atoms with Crippen LogP contribution in [0.5, 0.6) is 0 Å². The molecule has 1 aromatic rings. The van der Waals surface area contributed by atoms with E-state index in [9.17, 15) is 9.59 Å². The Kier molecular flexibility index (Phi) is 2.58. The summed E-state index contributed by atoms with van der Waals surface area (Å²) in [6, 6.07) is 8.00. The Balaban J connectivity index is 1.99. The van der Waals surface area contributed by atoms with E-state index in [2.05, 4.69) is 6.07 Å². The van der Waals surface area contributed by atoms with Gasteiger partial charge in [-0.3, -0.25) is 9.59 Å². The lowest BCUT2D eigenvalue weighted by Crippen LogP contribution is -2.37. The van der Waals surface area contributed by atoms with Crippen molar-refractivity contribution >= 4 is 11.9 Å². The second-order valence-electron chi connectivity index (χ2n) is 4.83. The van der Waals surface area contributed by atoms with Crippen LogP contribution in [0.3, 0.4) is 0 Å². The molecular formula is C14H15NO3. The van der Waals surface area contributed by atoms with Gasteiger partial charge in [0.15, 0.2) is 0 Å². The summed E-state index contributed by atoms with van der Waals surface area (Å²) in [5.74, 6) is -0.238. The minimum absolute atomic E-state index is 0.0840. The van der Waals surface area contributed by atoms with Crippen molar-refractivity contribution in [1.82, 2.24) is 4.90 Å². The molecule has 0 spiro atoms. The van der Waals surface area contributed by atoms with Crippen LogP contribution in [-0.4, -0.2) is 29.4 Å². The van der Waals surface area contributed by atoms with Gasteiger partial charge in [0.1, 0.15) is 6.10 Å². The highest BCUT2D eigenvalue weighted by molar-refractivity contribution is 5.81. The Morgan fingerprint density at radius 3 is 2.94 bits per heavy atom. The first kappa shape index (κ1) is 11.3. The zero-order valence-corrected chi connectivity index (χ0v) is 10.3. The van der Waals surface area contributed by atoms with Crippen LogP contribution < -0.4 is 0 Å². The van der Waals surface area contributed by atoms with E-state index < -0.39 is 0 Å². The second kappa shape index (κ2) is 4.12. The first-order valence-corrected chi connectivity index (χ1v) is 6.21. The summed E-state index contributed by atoms with van der Waals surface area (Å²) in [7, 11) is 0. The average molecular weight is 245 g/mol. The molecule has 94 valence electrons. The number of fused-ring (bicyclic) bond motifs is 3. The molecule has 0 bridgehead atoms. The number of rotatable bonds is 1. The molecule has 3 rings (SSSR count). The van der Waals surface area contributed by atoms with E-state index in [1.54, 1.807) is 0 Å². The second-order valence-corrected chi connectivity index (χ2v) is 4.83. The fourth-order valence-corrected chi connectivity index (χ4v) is 3.00. The number of nitrogens with zero attached hydrogens (tertiary/aromatic N) is 1. The van der Waals surface area contributed by atoms with E-state index in [-0.39, 0.29) is 24.0 Å². The predicted molar refractivity (Wildman–Crippen MR) is 64.8 cm³/mol. The average Bonchev–Trinajstić information content (AvgIpc) is 2.66. The number of hydrogen-bond donors (Lipinski definition) is 0. The monoisotopic (exact) mass is 245 g/mol. The van der Waals surface area contributed by atoms with Crippen molar-refractivity contribution in [2.24, 2.45) is 0 Å². The third-order valence-electron chi connectivity index (χ3n) is 3.70. The molecule has 1 fully saturated rings. The molecule has 2 heterocycles. The smallest absolute Gasteiger partial charge is 0.303 e. The summed E-state index contributed by atoms with van der Waals surface area (Å²) in [6.07, 6.45) is 0.848. The summed E-state index contributed by atoms with van der Waals surface area (Å²) in [5, 5.41) is 0. The summed E-state index contributed by atoms with van der Waals surface area (Å²) in [5.41, 5.74) is 2.38. The van der Waals surface area contributed by atoms with Crippen molar-refractivity contribution in [1.29, 1.82) is 0 Å². The third kappa shape index (κ3) is 1.68.